The molecule has 40 heavy (non-hydrogen) atoms. The monoisotopic (exact) mass is 541 g/mol. The lowest BCUT2D eigenvalue weighted by atomic mass is 9.98. The largest absolute Gasteiger partial charge is 0.508 e. The molecule has 4 aromatic rings. The molecule has 0 aromatic heterocycles. The summed E-state index contributed by atoms with van der Waals surface area (Å²) >= 11 is 0. The lowest BCUT2D eigenvalue weighted by Gasteiger charge is -2.21. The van der Waals surface area contributed by atoms with E-state index in [0.717, 1.165) is 39.1 Å². The highest BCUT2D eigenvalue weighted by Crippen LogP contribution is 2.34. The maximum absolute atomic E-state index is 11.8. The average Bonchev–Trinajstić information content (AvgIpc) is 2.93. The van der Waals surface area contributed by atoms with E-state index < -0.39 is 12.1 Å². The van der Waals surface area contributed by atoms with Crippen LogP contribution in [0.4, 0.5) is 0 Å². The SMILES string of the molecule is Cc1ccc(Oc2cc(-c3cc(C)c(OCCN[C@H](C)[C@@H](O)c4ccc(O)cc4)c(C)c3)ccc2C(=O)O)cc1. The molecule has 0 heterocycles. The van der Waals surface area contributed by atoms with E-state index in [4.69, 9.17) is 9.47 Å². The van der Waals surface area contributed by atoms with Gasteiger partial charge in [0.1, 0.15) is 35.2 Å². The Bertz CT molecular complexity index is 1440. The minimum absolute atomic E-state index is 0.0926. The third-order valence-electron chi connectivity index (χ3n) is 6.78. The predicted octanol–water partition coefficient (Wildman–Crippen LogP) is 6.57. The third-order valence-corrected chi connectivity index (χ3v) is 6.78. The summed E-state index contributed by atoms with van der Waals surface area (Å²) in [5, 5.41) is 33.0. The molecule has 4 N–H and O–H groups in total. The van der Waals surface area contributed by atoms with Gasteiger partial charge < -0.3 is 30.1 Å². The van der Waals surface area contributed by atoms with Crippen LogP contribution in [0.15, 0.2) is 78.9 Å². The van der Waals surface area contributed by atoms with Crippen LogP contribution < -0.4 is 14.8 Å². The van der Waals surface area contributed by atoms with Crippen molar-refractivity contribution >= 4 is 5.97 Å². The number of carboxylic acid groups (broad SMARTS) is 1. The summed E-state index contributed by atoms with van der Waals surface area (Å²) < 4.78 is 12.1. The van der Waals surface area contributed by atoms with Crippen molar-refractivity contribution in [2.45, 2.75) is 39.8 Å². The van der Waals surface area contributed by atoms with Crippen LogP contribution in [-0.4, -0.2) is 40.5 Å². The van der Waals surface area contributed by atoms with Gasteiger partial charge in [0.15, 0.2) is 0 Å². The van der Waals surface area contributed by atoms with E-state index in [0.29, 0.717) is 18.9 Å². The van der Waals surface area contributed by atoms with E-state index in [1.54, 1.807) is 42.5 Å². The molecular weight excluding hydrogens is 506 g/mol. The topological polar surface area (TPSA) is 108 Å². The van der Waals surface area contributed by atoms with E-state index in [1.807, 2.05) is 64.1 Å². The van der Waals surface area contributed by atoms with Crippen molar-refractivity contribution in [3.63, 3.8) is 0 Å². The second-order valence-corrected chi connectivity index (χ2v) is 10.00. The summed E-state index contributed by atoms with van der Waals surface area (Å²) in [4.78, 5) is 11.8. The summed E-state index contributed by atoms with van der Waals surface area (Å²) in [5.41, 5.74) is 5.58. The van der Waals surface area contributed by atoms with E-state index in [1.165, 1.54) is 0 Å². The first-order valence-corrected chi connectivity index (χ1v) is 13.2. The van der Waals surface area contributed by atoms with Crippen LogP contribution in [0.2, 0.25) is 0 Å². The van der Waals surface area contributed by atoms with Crippen LogP contribution in [0.3, 0.4) is 0 Å². The summed E-state index contributed by atoms with van der Waals surface area (Å²) in [6.45, 7) is 8.78. The summed E-state index contributed by atoms with van der Waals surface area (Å²) in [7, 11) is 0. The van der Waals surface area contributed by atoms with E-state index >= 15 is 0 Å². The number of phenols is 1. The van der Waals surface area contributed by atoms with Crippen LogP contribution in [0.5, 0.6) is 23.0 Å². The minimum atomic E-state index is -1.05. The van der Waals surface area contributed by atoms with Crippen molar-refractivity contribution in [3.05, 3.63) is 107 Å². The Balaban J connectivity index is 1.43. The van der Waals surface area contributed by atoms with E-state index in [-0.39, 0.29) is 23.1 Å². The van der Waals surface area contributed by atoms with Gasteiger partial charge in [0, 0.05) is 12.6 Å². The molecule has 0 radical (unpaired) electrons. The zero-order chi connectivity index (χ0) is 28.8. The molecule has 4 aromatic carbocycles. The van der Waals surface area contributed by atoms with Gasteiger partial charge in [-0.2, -0.15) is 0 Å². The number of aliphatic hydroxyl groups excluding tert-OH is 1. The molecule has 7 nitrogen and oxygen atoms in total. The molecule has 0 fully saturated rings. The number of aryl methyl sites for hydroxylation is 3. The van der Waals surface area contributed by atoms with Gasteiger partial charge in [-0.25, -0.2) is 4.79 Å². The molecule has 0 unspecified atom stereocenters. The first-order chi connectivity index (χ1) is 19.1. The Kier molecular flexibility index (Phi) is 9.09. The van der Waals surface area contributed by atoms with Crippen LogP contribution in [0, 0.1) is 20.8 Å². The molecule has 2 atom stereocenters. The fraction of sp³-hybridized carbons (Fsp3) is 0.242. The Morgan fingerprint density at radius 2 is 1.52 bits per heavy atom. The molecule has 0 amide bonds. The number of nitrogens with one attached hydrogen (secondary N) is 1. The zero-order valence-electron chi connectivity index (χ0n) is 23.1. The Morgan fingerprint density at radius 3 is 2.15 bits per heavy atom. The molecule has 208 valence electrons. The summed E-state index contributed by atoms with van der Waals surface area (Å²) in [5.74, 6) is 0.743. The number of aromatic hydroxyl groups is 1. The van der Waals surface area contributed by atoms with Gasteiger partial charge in [0.05, 0.1) is 6.10 Å². The maximum Gasteiger partial charge on any atom is 0.339 e. The first kappa shape index (κ1) is 28.7. The molecule has 7 heteroatoms. The predicted molar refractivity (Wildman–Crippen MR) is 156 cm³/mol. The number of aromatic carboxylic acids is 1. The third kappa shape index (κ3) is 7.00. The van der Waals surface area contributed by atoms with Crippen LogP contribution in [0.1, 0.15) is 45.6 Å². The standard InChI is InChI=1S/C33H35NO6/c1-20-5-12-28(13-6-20)40-30-19-25(9-14-29(30)33(37)38)26-17-21(2)32(22(3)18-26)39-16-15-34-23(4)31(36)24-7-10-27(35)11-8-24/h5-14,17-19,23,31,34-36H,15-16H2,1-4H3,(H,37,38)/t23-,31-/m1/s1. The second-order valence-electron chi connectivity index (χ2n) is 10.00. The van der Waals surface area contributed by atoms with Crippen LogP contribution in [0.25, 0.3) is 11.1 Å². The van der Waals surface area contributed by atoms with Gasteiger partial charge in [0.2, 0.25) is 0 Å². The molecule has 0 aliphatic heterocycles. The van der Waals surface area contributed by atoms with Gasteiger partial charge in [0.25, 0.3) is 0 Å². The number of phenolic OH excluding ortho intramolecular Hbond substituents is 1. The molecular formula is C33H35NO6. The van der Waals surface area contributed by atoms with Gasteiger partial charge in [-0.3, -0.25) is 0 Å². The van der Waals surface area contributed by atoms with Crippen molar-refractivity contribution in [2.75, 3.05) is 13.2 Å². The lowest BCUT2D eigenvalue weighted by molar-refractivity contribution is 0.0694. The van der Waals surface area contributed by atoms with Crippen molar-refractivity contribution in [1.29, 1.82) is 0 Å². The number of hydrogen-bond donors (Lipinski definition) is 4. The number of carboxylic acids is 1. The fourth-order valence-corrected chi connectivity index (χ4v) is 4.55. The van der Waals surface area contributed by atoms with E-state index in [2.05, 4.69) is 5.32 Å². The molecule has 0 saturated carbocycles. The van der Waals surface area contributed by atoms with E-state index in [9.17, 15) is 20.1 Å². The molecule has 0 saturated heterocycles. The van der Waals surface area contributed by atoms with Crippen molar-refractivity contribution < 1.29 is 29.6 Å². The summed E-state index contributed by atoms with van der Waals surface area (Å²) in [6, 6.07) is 22.9. The maximum atomic E-state index is 11.8. The highest BCUT2D eigenvalue weighted by Gasteiger charge is 2.17. The van der Waals surface area contributed by atoms with Gasteiger partial charge in [-0.05, 0) is 104 Å². The highest BCUT2D eigenvalue weighted by atomic mass is 16.5. The minimum Gasteiger partial charge on any atom is -0.508 e. The molecule has 0 aliphatic rings. The number of rotatable bonds is 11. The highest BCUT2D eigenvalue weighted by molar-refractivity contribution is 5.92. The number of aliphatic hydroxyl groups is 1. The first-order valence-electron chi connectivity index (χ1n) is 13.2. The van der Waals surface area contributed by atoms with Crippen molar-refractivity contribution in [3.8, 4) is 34.1 Å². The van der Waals surface area contributed by atoms with Gasteiger partial charge in [-0.15, -0.1) is 0 Å². The number of hydrogen-bond acceptors (Lipinski definition) is 6. The molecule has 0 aliphatic carbocycles. The quantitative estimate of drug-likeness (QED) is 0.159. The zero-order valence-corrected chi connectivity index (χ0v) is 23.1. The molecule has 4 rings (SSSR count). The average molecular weight is 542 g/mol. The molecule has 0 bridgehead atoms. The van der Waals surface area contributed by atoms with Crippen LogP contribution >= 0.6 is 0 Å². The fourth-order valence-electron chi connectivity index (χ4n) is 4.55. The molecule has 0 spiro atoms. The Labute approximate surface area is 234 Å². The van der Waals surface area contributed by atoms with Crippen molar-refractivity contribution in [1.82, 2.24) is 5.32 Å². The number of benzene rings is 4. The summed E-state index contributed by atoms with van der Waals surface area (Å²) in [6.07, 6.45) is -0.712. The number of ether oxygens (including phenoxy) is 2. The normalized spacial score (nSPS) is 12.5. The van der Waals surface area contributed by atoms with Gasteiger partial charge in [-0.1, -0.05) is 35.9 Å². The van der Waals surface area contributed by atoms with Crippen molar-refractivity contribution in [2.24, 2.45) is 0 Å². The van der Waals surface area contributed by atoms with Gasteiger partial charge >= 0.3 is 5.97 Å². The number of carbonyl (C=O) groups is 1. The Hall–Kier alpha value is -4.33. The lowest BCUT2D eigenvalue weighted by Crippen LogP contribution is -2.35. The Morgan fingerprint density at radius 1 is 0.875 bits per heavy atom. The second kappa shape index (κ2) is 12.7. The smallest absolute Gasteiger partial charge is 0.339 e. The van der Waals surface area contributed by atoms with Crippen LogP contribution in [-0.2, 0) is 0 Å².